The van der Waals surface area contributed by atoms with E-state index in [1.165, 1.54) is 6.21 Å². The van der Waals surface area contributed by atoms with Crippen molar-refractivity contribution in [3.8, 4) is 23.0 Å². The van der Waals surface area contributed by atoms with E-state index >= 15 is 0 Å². The smallest absolute Gasteiger partial charge is 0.284 e. The molecule has 0 unspecified atom stereocenters. The second-order valence-corrected chi connectivity index (χ2v) is 7.76. The lowest BCUT2D eigenvalue weighted by Gasteiger charge is -2.24. The first-order valence-electron chi connectivity index (χ1n) is 9.89. The minimum atomic E-state index is -0.780. The van der Waals surface area contributed by atoms with Crippen LogP contribution in [0.2, 0.25) is 0 Å². The fraction of sp³-hybridized carbons (Fsp3) is 0.167. The van der Waals surface area contributed by atoms with E-state index in [0.717, 1.165) is 5.56 Å². The Morgan fingerprint density at radius 3 is 2.69 bits per heavy atom. The normalized spacial score (nSPS) is 14.8. The van der Waals surface area contributed by atoms with E-state index in [1.54, 1.807) is 25.3 Å². The Labute approximate surface area is 194 Å². The van der Waals surface area contributed by atoms with Gasteiger partial charge in [0.2, 0.25) is 6.10 Å². The summed E-state index contributed by atoms with van der Waals surface area (Å²) in [7, 11) is 1.57. The molecule has 1 heterocycles. The van der Waals surface area contributed by atoms with E-state index in [9.17, 15) is 4.79 Å². The number of amides is 1. The first-order valence-corrected chi connectivity index (χ1v) is 10.7. The molecule has 1 amide bonds. The Morgan fingerprint density at radius 2 is 1.91 bits per heavy atom. The van der Waals surface area contributed by atoms with Gasteiger partial charge in [0.15, 0.2) is 23.0 Å². The van der Waals surface area contributed by atoms with Crippen molar-refractivity contribution in [3.63, 3.8) is 0 Å². The fourth-order valence-corrected chi connectivity index (χ4v) is 3.65. The Balaban J connectivity index is 1.38. The van der Waals surface area contributed by atoms with E-state index in [4.69, 9.17) is 18.9 Å². The van der Waals surface area contributed by atoms with Crippen LogP contribution in [0.1, 0.15) is 11.1 Å². The van der Waals surface area contributed by atoms with Gasteiger partial charge in [-0.15, -0.1) is 0 Å². The maximum Gasteiger partial charge on any atom is 0.284 e. The Bertz CT molecular complexity index is 1120. The van der Waals surface area contributed by atoms with Crippen LogP contribution < -0.4 is 24.4 Å². The molecule has 1 aliphatic heterocycles. The summed E-state index contributed by atoms with van der Waals surface area (Å²) in [4.78, 5) is 12.4. The van der Waals surface area contributed by atoms with E-state index in [0.29, 0.717) is 39.6 Å². The number of hydrogen-bond donors (Lipinski definition) is 1. The molecule has 0 saturated heterocycles. The second-order valence-electron chi connectivity index (χ2n) is 6.91. The van der Waals surface area contributed by atoms with Crippen molar-refractivity contribution in [2.24, 2.45) is 5.10 Å². The molecule has 0 spiro atoms. The van der Waals surface area contributed by atoms with Gasteiger partial charge in [-0.3, -0.25) is 4.79 Å². The highest BCUT2D eigenvalue weighted by Crippen LogP contribution is 2.37. The van der Waals surface area contributed by atoms with Crippen LogP contribution in [0.15, 0.2) is 76.3 Å². The minimum absolute atomic E-state index is 0.116. The zero-order valence-corrected chi connectivity index (χ0v) is 18.9. The molecule has 0 radical (unpaired) electrons. The molecule has 1 atom stereocenters. The van der Waals surface area contributed by atoms with E-state index in [1.807, 2.05) is 48.5 Å². The van der Waals surface area contributed by atoms with Gasteiger partial charge in [0.05, 0.1) is 17.8 Å². The first kappa shape index (κ1) is 21.7. The quantitative estimate of drug-likeness (QED) is 0.389. The first-order chi connectivity index (χ1) is 15.6. The van der Waals surface area contributed by atoms with E-state index in [-0.39, 0.29) is 6.61 Å². The summed E-state index contributed by atoms with van der Waals surface area (Å²) in [5.74, 6) is 1.88. The van der Waals surface area contributed by atoms with Crippen LogP contribution in [0.25, 0.3) is 0 Å². The van der Waals surface area contributed by atoms with Crippen molar-refractivity contribution in [3.05, 3.63) is 82.3 Å². The Kier molecular flexibility index (Phi) is 6.91. The third-order valence-electron chi connectivity index (χ3n) is 4.67. The molecule has 32 heavy (non-hydrogen) atoms. The van der Waals surface area contributed by atoms with E-state index in [2.05, 4.69) is 26.5 Å². The average molecular weight is 497 g/mol. The van der Waals surface area contributed by atoms with Gasteiger partial charge in [-0.2, -0.15) is 5.10 Å². The monoisotopic (exact) mass is 496 g/mol. The summed E-state index contributed by atoms with van der Waals surface area (Å²) >= 11 is 3.52. The lowest BCUT2D eigenvalue weighted by molar-refractivity contribution is -0.130. The average Bonchev–Trinajstić information content (AvgIpc) is 2.83. The van der Waals surface area contributed by atoms with Crippen LogP contribution in [0.5, 0.6) is 23.0 Å². The van der Waals surface area contributed by atoms with Crippen LogP contribution in [0, 0.1) is 0 Å². The van der Waals surface area contributed by atoms with Gasteiger partial charge in [-0.1, -0.05) is 42.5 Å². The number of carbonyl (C=O) groups is 1. The van der Waals surface area contributed by atoms with Crippen molar-refractivity contribution < 1.29 is 23.7 Å². The maximum absolute atomic E-state index is 12.4. The molecule has 4 rings (SSSR count). The number of nitrogens with one attached hydrogen (secondary N) is 1. The summed E-state index contributed by atoms with van der Waals surface area (Å²) in [6.07, 6.45) is 0.737. The summed E-state index contributed by atoms with van der Waals surface area (Å²) in [5.41, 5.74) is 4.25. The van der Waals surface area contributed by atoms with Gasteiger partial charge >= 0.3 is 0 Å². The van der Waals surface area contributed by atoms with E-state index < -0.39 is 12.0 Å². The third kappa shape index (κ3) is 5.20. The second kappa shape index (κ2) is 10.2. The van der Waals surface area contributed by atoms with Gasteiger partial charge in [0.1, 0.15) is 13.2 Å². The molecule has 3 aromatic carbocycles. The Morgan fingerprint density at radius 1 is 1.16 bits per heavy atom. The predicted octanol–water partition coefficient (Wildman–Crippen LogP) is 4.33. The molecule has 0 bridgehead atoms. The molecule has 7 nitrogen and oxygen atoms in total. The van der Waals surface area contributed by atoms with Crippen LogP contribution in [0.3, 0.4) is 0 Å². The molecular formula is C24H21BrN2O5. The van der Waals surface area contributed by atoms with Crippen LogP contribution in [-0.4, -0.2) is 31.9 Å². The van der Waals surface area contributed by atoms with Crippen molar-refractivity contribution >= 4 is 28.1 Å². The minimum Gasteiger partial charge on any atom is -0.493 e. The van der Waals surface area contributed by atoms with Gasteiger partial charge in [-0.25, -0.2) is 5.43 Å². The highest BCUT2D eigenvalue weighted by Gasteiger charge is 2.27. The number of rotatable bonds is 7. The number of nitrogens with zero attached hydrogens (tertiary/aromatic N) is 1. The van der Waals surface area contributed by atoms with Gasteiger partial charge in [0.25, 0.3) is 5.91 Å². The molecule has 8 heteroatoms. The van der Waals surface area contributed by atoms with Crippen LogP contribution >= 0.6 is 15.9 Å². The number of carbonyl (C=O) groups excluding carboxylic acids is 1. The number of benzene rings is 3. The molecule has 0 aliphatic carbocycles. The van der Waals surface area contributed by atoms with Crippen LogP contribution in [-0.2, 0) is 11.4 Å². The number of hydrogen-bond acceptors (Lipinski definition) is 6. The summed E-state index contributed by atoms with van der Waals surface area (Å²) in [5, 5.41) is 4.04. The predicted molar refractivity (Wildman–Crippen MR) is 124 cm³/mol. The number of fused-ring (bicyclic) bond motifs is 1. The zero-order chi connectivity index (χ0) is 22.3. The topological polar surface area (TPSA) is 78.4 Å². The molecular weight excluding hydrogens is 476 g/mol. The molecule has 3 aromatic rings. The highest BCUT2D eigenvalue weighted by atomic mass is 79.9. The van der Waals surface area contributed by atoms with Crippen molar-refractivity contribution in [2.75, 3.05) is 13.7 Å². The summed E-state index contributed by atoms with van der Waals surface area (Å²) in [6.45, 7) is 0.525. The molecule has 1 N–H and O–H groups in total. The summed E-state index contributed by atoms with van der Waals surface area (Å²) < 4.78 is 23.4. The standard InChI is InChI=1S/C24H21BrN2O5/c1-29-21-12-17(11-18(25)23(21)31-14-16-7-3-2-4-8-16)13-26-27-24(28)22-15-30-19-9-5-6-10-20(19)32-22/h2-13,22H,14-15H2,1H3,(H,27,28)/b26-13-/t22-/m0/s1. The van der Waals surface area contributed by atoms with Crippen LogP contribution in [0.4, 0.5) is 0 Å². The van der Waals surface area contributed by atoms with Gasteiger partial charge in [0, 0.05) is 0 Å². The lowest BCUT2D eigenvalue weighted by Crippen LogP contribution is -2.42. The van der Waals surface area contributed by atoms with Crippen molar-refractivity contribution in [2.45, 2.75) is 12.7 Å². The van der Waals surface area contributed by atoms with Gasteiger partial charge in [-0.05, 0) is 51.3 Å². The molecule has 164 valence electrons. The number of hydrazone groups is 1. The van der Waals surface area contributed by atoms with Gasteiger partial charge < -0.3 is 18.9 Å². The molecule has 0 fully saturated rings. The third-order valence-corrected chi connectivity index (χ3v) is 5.26. The molecule has 0 saturated carbocycles. The SMILES string of the molecule is COc1cc(/C=N\NC(=O)[C@@H]2COc3ccccc3O2)cc(Br)c1OCc1ccccc1. The highest BCUT2D eigenvalue weighted by molar-refractivity contribution is 9.10. The number of ether oxygens (including phenoxy) is 4. The largest absolute Gasteiger partial charge is 0.493 e. The fourth-order valence-electron chi connectivity index (χ4n) is 3.08. The number of para-hydroxylation sites is 2. The lowest BCUT2D eigenvalue weighted by atomic mass is 10.2. The van der Waals surface area contributed by atoms with Crippen molar-refractivity contribution in [1.82, 2.24) is 5.43 Å². The molecule has 1 aliphatic rings. The molecule has 0 aromatic heterocycles. The Hall–Kier alpha value is -3.52. The number of methoxy groups -OCH3 is 1. The van der Waals surface area contributed by atoms with Crippen molar-refractivity contribution in [1.29, 1.82) is 0 Å². The zero-order valence-electron chi connectivity index (χ0n) is 17.3. The summed E-state index contributed by atoms with van der Waals surface area (Å²) in [6, 6.07) is 20.7. The number of halogens is 1. The maximum atomic E-state index is 12.4.